The van der Waals surface area contributed by atoms with Gasteiger partial charge < -0.3 is 10.1 Å². The average Bonchev–Trinajstić information content (AvgIpc) is 3.03. The third kappa shape index (κ3) is 5.49. The summed E-state index contributed by atoms with van der Waals surface area (Å²) in [4.78, 5) is 12.6. The first kappa shape index (κ1) is 22.1. The molecule has 1 N–H and O–H groups in total. The second-order valence-electron chi connectivity index (χ2n) is 7.41. The Labute approximate surface area is 178 Å². The maximum atomic E-state index is 12.8. The van der Waals surface area contributed by atoms with Crippen LogP contribution >= 0.6 is 0 Å². The van der Waals surface area contributed by atoms with Crippen molar-refractivity contribution in [2.75, 3.05) is 25.5 Å². The van der Waals surface area contributed by atoms with Gasteiger partial charge in [0.1, 0.15) is 5.75 Å². The smallest absolute Gasteiger partial charge is 0.248 e. The number of nitrogens with zero attached hydrogens (tertiary/aromatic N) is 1. The van der Waals surface area contributed by atoms with Gasteiger partial charge in [-0.05, 0) is 61.2 Å². The van der Waals surface area contributed by atoms with Crippen LogP contribution in [0.1, 0.15) is 36.8 Å². The summed E-state index contributed by atoms with van der Waals surface area (Å²) in [5.41, 5.74) is 2.36. The summed E-state index contributed by atoms with van der Waals surface area (Å²) in [6, 6.07) is 12.2. The first-order chi connectivity index (χ1) is 14.4. The first-order valence-corrected chi connectivity index (χ1v) is 11.6. The van der Waals surface area contributed by atoms with Crippen molar-refractivity contribution in [2.24, 2.45) is 0 Å². The third-order valence-electron chi connectivity index (χ3n) is 5.12. The lowest BCUT2D eigenvalue weighted by Gasteiger charge is -2.19. The van der Waals surface area contributed by atoms with Crippen molar-refractivity contribution in [1.82, 2.24) is 4.31 Å². The molecule has 0 spiro atoms. The predicted molar refractivity (Wildman–Crippen MR) is 119 cm³/mol. The summed E-state index contributed by atoms with van der Waals surface area (Å²) in [6.45, 7) is 3.09. The van der Waals surface area contributed by atoms with Crippen molar-refractivity contribution in [2.45, 2.75) is 37.5 Å². The van der Waals surface area contributed by atoms with Gasteiger partial charge in [0, 0.05) is 19.2 Å². The van der Waals surface area contributed by atoms with E-state index in [0.717, 1.165) is 36.8 Å². The van der Waals surface area contributed by atoms with Gasteiger partial charge in [0.15, 0.2) is 0 Å². The fraction of sp³-hybridized carbons (Fsp3) is 0.348. The van der Waals surface area contributed by atoms with Crippen LogP contribution < -0.4 is 10.1 Å². The van der Waals surface area contributed by atoms with E-state index in [2.05, 4.69) is 5.32 Å². The minimum atomic E-state index is -3.47. The SMILES string of the molecule is COc1ccc(C)cc1NC(=O)/C=C/c1ccc(S(=O)(=O)N2CCCCCC2)cc1. The molecule has 30 heavy (non-hydrogen) atoms. The summed E-state index contributed by atoms with van der Waals surface area (Å²) >= 11 is 0. The maximum Gasteiger partial charge on any atom is 0.248 e. The highest BCUT2D eigenvalue weighted by Crippen LogP contribution is 2.25. The van der Waals surface area contributed by atoms with Gasteiger partial charge in [-0.2, -0.15) is 4.31 Å². The Morgan fingerprint density at radius 2 is 1.70 bits per heavy atom. The Balaban J connectivity index is 1.67. The first-order valence-electron chi connectivity index (χ1n) is 10.1. The number of rotatable bonds is 6. The van der Waals surface area contributed by atoms with E-state index in [9.17, 15) is 13.2 Å². The van der Waals surface area contributed by atoms with Gasteiger partial charge in [-0.1, -0.05) is 31.0 Å². The molecule has 0 unspecified atom stereocenters. The monoisotopic (exact) mass is 428 g/mol. The Kier molecular flexibility index (Phi) is 7.29. The van der Waals surface area contributed by atoms with E-state index in [-0.39, 0.29) is 10.8 Å². The molecule has 3 rings (SSSR count). The second kappa shape index (κ2) is 9.91. The summed E-state index contributed by atoms with van der Waals surface area (Å²) in [5.74, 6) is 0.297. The largest absolute Gasteiger partial charge is 0.495 e. The van der Waals surface area contributed by atoms with Crippen molar-refractivity contribution in [3.63, 3.8) is 0 Å². The molecule has 0 atom stereocenters. The zero-order valence-corrected chi connectivity index (χ0v) is 18.2. The van der Waals surface area contributed by atoms with E-state index >= 15 is 0 Å². The molecule has 160 valence electrons. The molecule has 0 saturated carbocycles. The van der Waals surface area contributed by atoms with E-state index in [1.54, 1.807) is 47.8 Å². The Morgan fingerprint density at radius 3 is 2.33 bits per heavy atom. The number of nitrogens with one attached hydrogen (secondary N) is 1. The Hall–Kier alpha value is -2.64. The number of carbonyl (C=O) groups excluding carboxylic acids is 1. The minimum Gasteiger partial charge on any atom is -0.495 e. The molecule has 0 bridgehead atoms. The van der Waals surface area contributed by atoms with E-state index < -0.39 is 10.0 Å². The minimum absolute atomic E-state index is 0.287. The Bertz CT molecular complexity index is 1010. The summed E-state index contributed by atoms with van der Waals surface area (Å²) in [7, 11) is -1.92. The molecule has 1 aliphatic heterocycles. The number of benzene rings is 2. The zero-order valence-electron chi connectivity index (χ0n) is 17.4. The zero-order chi connectivity index (χ0) is 21.6. The molecule has 1 aliphatic rings. The number of anilines is 1. The fourth-order valence-electron chi connectivity index (χ4n) is 3.45. The third-order valence-corrected chi connectivity index (χ3v) is 7.04. The quantitative estimate of drug-likeness (QED) is 0.699. The number of hydrogen-bond donors (Lipinski definition) is 1. The molecule has 1 amide bonds. The number of amides is 1. The average molecular weight is 429 g/mol. The number of hydrogen-bond acceptors (Lipinski definition) is 4. The van der Waals surface area contributed by atoms with E-state index in [1.807, 2.05) is 19.1 Å². The predicted octanol–water partition coefficient (Wildman–Crippen LogP) is 4.22. The van der Waals surface area contributed by atoms with Crippen molar-refractivity contribution in [3.05, 3.63) is 59.7 Å². The number of methoxy groups -OCH3 is 1. The van der Waals surface area contributed by atoms with Crippen LogP contribution in [-0.4, -0.2) is 38.8 Å². The standard InChI is InChI=1S/C23H28N2O4S/c1-18-7-13-22(29-2)21(17-18)24-23(26)14-10-19-8-11-20(12-9-19)30(27,28)25-15-5-3-4-6-16-25/h7-14,17H,3-6,15-16H2,1-2H3,(H,24,26)/b14-10+. The number of ether oxygens (including phenoxy) is 1. The normalized spacial score (nSPS) is 15.7. The number of sulfonamides is 1. The molecule has 1 fully saturated rings. The lowest BCUT2D eigenvalue weighted by atomic mass is 10.2. The van der Waals surface area contributed by atoms with Crippen LogP contribution in [-0.2, 0) is 14.8 Å². The van der Waals surface area contributed by atoms with Gasteiger partial charge in [-0.25, -0.2) is 8.42 Å². The molecular weight excluding hydrogens is 400 g/mol. The van der Waals surface area contributed by atoms with Crippen LogP contribution in [0.2, 0.25) is 0 Å². The molecule has 7 heteroatoms. The van der Waals surface area contributed by atoms with Gasteiger partial charge in [-0.15, -0.1) is 0 Å². The lowest BCUT2D eigenvalue weighted by Crippen LogP contribution is -2.31. The molecule has 6 nitrogen and oxygen atoms in total. The van der Waals surface area contributed by atoms with Crippen LogP contribution in [0.5, 0.6) is 5.75 Å². The van der Waals surface area contributed by atoms with Crippen molar-refractivity contribution in [1.29, 1.82) is 0 Å². The summed E-state index contributed by atoms with van der Waals surface area (Å²) in [6.07, 6.45) is 7.03. The highest BCUT2D eigenvalue weighted by molar-refractivity contribution is 7.89. The molecule has 1 saturated heterocycles. The van der Waals surface area contributed by atoms with Gasteiger partial charge in [0.2, 0.25) is 15.9 Å². The van der Waals surface area contributed by atoms with Crippen LogP contribution in [0, 0.1) is 6.92 Å². The van der Waals surface area contributed by atoms with Crippen molar-refractivity contribution >= 4 is 27.7 Å². The second-order valence-corrected chi connectivity index (χ2v) is 9.35. The lowest BCUT2D eigenvalue weighted by molar-refractivity contribution is -0.111. The highest BCUT2D eigenvalue weighted by atomic mass is 32.2. The number of carbonyl (C=O) groups is 1. The van der Waals surface area contributed by atoms with Gasteiger partial charge >= 0.3 is 0 Å². The summed E-state index contributed by atoms with van der Waals surface area (Å²) in [5, 5.41) is 2.80. The molecule has 0 radical (unpaired) electrons. The van der Waals surface area contributed by atoms with Gasteiger partial charge in [-0.3, -0.25) is 4.79 Å². The molecule has 2 aromatic rings. The van der Waals surface area contributed by atoms with Crippen LogP contribution in [0.25, 0.3) is 6.08 Å². The topological polar surface area (TPSA) is 75.7 Å². The molecular formula is C23H28N2O4S. The molecule has 0 aromatic heterocycles. The van der Waals surface area contributed by atoms with Crippen LogP contribution in [0.4, 0.5) is 5.69 Å². The van der Waals surface area contributed by atoms with E-state index in [0.29, 0.717) is 24.5 Å². The van der Waals surface area contributed by atoms with E-state index in [4.69, 9.17) is 4.74 Å². The maximum absolute atomic E-state index is 12.8. The molecule has 1 heterocycles. The van der Waals surface area contributed by atoms with Crippen LogP contribution in [0.15, 0.2) is 53.4 Å². The fourth-order valence-corrected chi connectivity index (χ4v) is 4.96. The Morgan fingerprint density at radius 1 is 1.03 bits per heavy atom. The van der Waals surface area contributed by atoms with Crippen molar-refractivity contribution < 1.29 is 17.9 Å². The van der Waals surface area contributed by atoms with Gasteiger partial charge in [0.05, 0.1) is 17.7 Å². The molecule has 0 aliphatic carbocycles. The van der Waals surface area contributed by atoms with Crippen LogP contribution in [0.3, 0.4) is 0 Å². The summed E-state index contributed by atoms with van der Waals surface area (Å²) < 4.78 is 32.5. The van der Waals surface area contributed by atoms with E-state index in [1.165, 1.54) is 6.08 Å². The van der Waals surface area contributed by atoms with Gasteiger partial charge in [0.25, 0.3) is 0 Å². The van der Waals surface area contributed by atoms with Crippen molar-refractivity contribution in [3.8, 4) is 5.75 Å². The number of aryl methyl sites for hydroxylation is 1. The highest BCUT2D eigenvalue weighted by Gasteiger charge is 2.24. The molecule has 2 aromatic carbocycles.